The molecule has 0 aliphatic heterocycles. The molecule has 2 aromatic heterocycles. The molecular formula is C23H19ClN2O3. The van der Waals surface area contributed by atoms with Crippen molar-refractivity contribution in [1.82, 2.24) is 5.32 Å². The van der Waals surface area contributed by atoms with E-state index in [2.05, 4.69) is 17.2 Å². The van der Waals surface area contributed by atoms with E-state index in [1.165, 1.54) is 0 Å². The Kier molecular flexibility index (Phi) is 5.49. The van der Waals surface area contributed by atoms with Crippen molar-refractivity contribution in [1.29, 1.82) is 0 Å². The van der Waals surface area contributed by atoms with Gasteiger partial charge in [-0.3, -0.25) is 4.79 Å². The lowest BCUT2D eigenvalue weighted by atomic mass is 10.1. The molecule has 1 N–H and O–H groups in total. The molecule has 146 valence electrons. The first-order valence-corrected chi connectivity index (χ1v) is 9.68. The highest BCUT2D eigenvalue weighted by molar-refractivity contribution is 6.31. The minimum atomic E-state index is -0.308. The molecule has 0 spiro atoms. The Bertz CT molecular complexity index is 1230. The molecule has 0 radical (unpaired) electrons. The van der Waals surface area contributed by atoms with Gasteiger partial charge in [0.15, 0.2) is 0 Å². The molecule has 0 saturated carbocycles. The number of fused-ring (bicyclic) bond motifs is 1. The fourth-order valence-electron chi connectivity index (χ4n) is 2.99. The second-order valence-corrected chi connectivity index (χ2v) is 6.98. The van der Waals surface area contributed by atoms with Crippen LogP contribution in [-0.4, -0.2) is 5.91 Å². The van der Waals surface area contributed by atoms with Gasteiger partial charge in [0.05, 0.1) is 18.5 Å². The van der Waals surface area contributed by atoms with Gasteiger partial charge in [0.2, 0.25) is 5.55 Å². The third-order valence-corrected chi connectivity index (χ3v) is 4.74. The summed E-state index contributed by atoms with van der Waals surface area (Å²) in [6, 6.07) is 18.4. The molecule has 0 aliphatic rings. The minimum absolute atomic E-state index is 0.241. The Morgan fingerprint density at radius 1 is 1.10 bits per heavy atom. The summed E-state index contributed by atoms with van der Waals surface area (Å²) in [7, 11) is 0. The average Bonchev–Trinajstić information content (AvgIpc) is 3.25. The lowest BCUT2D eigenvalue weighted by Crippen LogP contribution is -2.28. The normalized spacial score (nSPS) is 11.7. The molecule has 0 bridgehead atoms. The molecule has 1 amide bonds. The summed E-state index contributed by atoms with van der Waals surface area (Å²) in [5.74, 6) is 0.352. The number of carbonyl (C=O) groups excluding carboxylic acids is 1. The summed E-state index contributed by atoms with van der Waals surface area (Å²) in [6.45, 7) is 2.35. The van der Waals surface area contributed by atoms with Gasteiger partial charge in [0.1, 0.15) is 16.9 Å². The van der Waals surface area contributed by atoms with Crippen LogP contribution in [0, 0.1) is 0 Å². The van der Waals surface area contributed by atoms with Crippen molar-refractivity contribution in [2.75, 3.05) is 0 Å². The average molecular weight is 407 g/mol. The molecule has 5 nitrogen and oxygen atoms in total. The standard InChI is InChI=1S/C23H19ClN2O3/c1-2-15-5-3-6-18(11-15)26-23-20(22(27)25-14-19-7-4-10-28-19)13-16-12-17(24)8-9-21(16)29-23/h3-13H,2,14H2,1H3,(H,25,27). The summed E-state index contributed by atoms with van der Waals surface area (Å²) in [4.78, 5) is 17.5. The van der Waals surface area contributed by atoms with Crippen LogP contribution in [-0.2, 0) is 13.0 Å². The molecule has 2 aromatic carbocycles. The molecule has 0 fully saturated rings. The predicted molar refractivity (Wildman–Crippen MR) is 112 cm³/mol. The Balaban J connectivity index is 1.79. The third-order valence-electron chi connectivity index (χ3n) is 4.51. The molecule has 2 heterocycles. The van der Waals surface area contributed by atoms with Crippen molar-refractivity contribution in [2.45, 2.75) is 19.9 Å². The van der Waals surface area contributed by atoms with Crippen molar-refractivity contribution < 1.29 is 13.6 Å². The van der Waals surface area contributed by atoms with E-state index in [-0.39, 0.29) is 18.0 Å². The maximum absolute atomic E-state index is 12.9. The quantitative estimate of drug-likeness (QED) is 0.482. The summed E-state index contributed by atoms with van der Waals surface area (Å²) < 4.78 is 11.3. The first kappa shape index (κ1) is 19.0. The SMILES string of the molecule is CCc1cccc(N=c2oc3ccc(Cl)cc3cc2C(=O)NCc2ccco2)c1. The van der Waals surface area contributed by atoms with Gasteiger partial charge in [-0.05, 0) is 60.5 Å². The molecule has 6 heteroatoms. The first-order chi connectivity index (χ1) is 14.1. The number of rotatable bonds is 5. The van der Waals surface area contributed by atoms with Crippen LogP contribution in [0.1, 0.15) is 28.6 Å². The van der Waals surface area contributed by atoms with Crippen LogP contribution < -0.4 is 10.9 Å². The Labute approximate surface area is 172 Å². The van der Waals surface area contributed by atoms with Crippen LogP contribution in [0.25, 0.3) is 11.0 Å². The van der Waals surface area contributed by atoms with E-state index >= 15 is 0 Å². The largest absolute Gasteiger partial charge is 0.467 e. The van der Waals surface area contributed by atoms with E-state index in [4.69, 9.17) is 20.4 Å². The number of carbonyl (C=O) groups is 1. The van der Waals surface area contributed by atoms with E-state index in [1.807, 2.05) is 24.3 Å². The van der Waals surface area contributed by atoms with Crippen LogP contribution in [0.2, 0.25) is 5.02 Å². The zero-order valence-corrected chi connectivity index (χ0v) is 16.6. The van der Waals surface area contributed by atoms with Crippen molar-refractivity contribution in [3.05, 3.63) is 94.4 Å². The first-order valence-electron chi connectivity index (χ1n) is 9.30. The lowest BCUT2D eigenvalue weighted by molar-refractivity contribution is 0.0944. The van der Waals surface area contributed by atoms with E-state index in [1.54, 1.807) is 42.7 Å². The molecule has 0 atom stereocenters. The number of hydrogen-bond donors (Lipinski definition) is 1. The molecule has 4 rings (SSSR count). The van der Waals surface area contributed by atoms with Gasteiger partial charge in [0, 0.05) is 10.4 Å². The van der Waals surface area contributed by atoms with Gasteiger partial charge in [-0.15, -0.1) is 0 Å². The van der Waals surface area contributed by atoms with Crippen LogP contribution in [0.15, 0.2) is 80.8 Å². The molecule has 29 heavy (non-hydrogen) atoms. The number of aryl methyl sites for hydroxylation is 1. The van der Waals surface area contributed by atoms with E-state index in [0.29, 0.717) is 21.9 Å². The van der Waals surface area contributed by atoms with Gasteiger partial charge < -0.3 is 14.2 Å². The van der Waals surface area contributed by atoms with E-state index < -0.39 is 0 Å². The maximum Gasteiger partial charge on any atom is 0.257 e. The number of hydrogen-bond acceptors (Lipinski definition) is 4. The highest BCUT2D eigenvalue weighted by atomic mass is 35.5. The second kappa shape index (κ2) is 8.37. The number of furan rings is 1. The Hall–Kier alpha value is -3.31. The Morgan fingerprint density at radius 3 is 2.79 bits per heavy atom. The fourth-order valence-corrected chi connectivity index (χ4v) is 3.17. The van der Waals surface area contributed by atoms with Crippen molar-refractivity contribution in [3.8, 4) is 0 Å². The van der Waals surface area contributed by atoms with Gasteiger partial charge >= 0.3 is 0 Å². The minimum Gasteiger partial charge on any atom is -0.467 e. The zero-order valence-electron chi connectivity index (χ0n) is 15.8. The van der Waals surface area contributed by atoms with Gasteiger partial charge in [-0.25, -0.2) is 4.99 Å². The highest BCUT2D eigenvalue weighted by Crippen LogP contribution is 2.20. The number of benzene rings is 2. The van der Waals surface area contributed by atoms with Crippen molar-refractivity contribution in [2.24, 2.45) is 4.99 Å². The molecule has 0 unspecified atom stereocenters. The van der Waals surface area contributed by atoms with Gasteiger partial charge in [0.25, 0.3) is 5.91 Å². The molecule has 0 saturated heterocycles. The smallest absolute Gasteiger partial charge is 0.257 e. The number of nitrogens with zero attached hydrogens (tertiary/aromatic N) is 1. The number of amides is 1. The molecule has 4 aromatic rings. The Morgan fingerprint density at radius 2 is 2.00 bits per heavy atom. The van der Waals surface area contributed by atoms with Crippen LogP contribution >= 0.6 is 11.6 Å². The predicted octanol–water partition coefficient (Wildman–Crippen LogP) is 5.40. The third kappa shape index (κ3) is 4.41. The van der Waals surface area contributed by atoms with Crippen molar-refractivity contribution >= 4 is 34.2 Å². The summed E-state index contributed by atoms with van der Waals surface area (Å²) >= 11 is 6.10. The van der Waals surface area contributed by atoms with E-state index in [0.717, 1.165) is 23.1 Å². The molecule has 0 aliphatic carbocycles. The van der Waals surface area contributed by atoms with Crippen LogP contribution in [0.4, 0.5) is 5.69 Å². The maximum atomic E-state index is 12.9. The van der Waals surface area contributed by atoms with Crippen molar-refractivity contribution in [3.63, 3.8) is 0 Å². The number of nitrogens with one attached hydrogen (secondary N) is 1. The summed E-state index contributed by atoms with van der Waals surface area (Å²) in [6.07, 6.45) is 2.46. The summed E-state index contributed by atoms with van der Waals surface area (Å²) in [5.41, 5.74) is 3.05. The second-order valence-electron chi connectivity index (χ2n) is 6.54. The van der Waals surface area contributed by atoms with Gasteiger partial charge in [-0.2, -0.15) is 0 Å². The van der Waals surface area contributed by atoms with Crippen LogP contribution in [0.3, 0.4) is 0 Å². The zero-order chi connectivity index (χ0) is 20.2. The molecular weight excluding hydrogens is 388 g/mol. The lowest BCUT2D eigenvalue weighted by Gasteiger charge is -2.06. The fraction of sp³-hybridized carbons (Fsp3) is 0.130. The monoisotopic (exact) mass is 406 g/mol. The van der Waals surface area contributed by atoms with Gasteiger partial charge in [-0.1, -0.05) is 30.7 Å². The number of halogens is 1. The summed E-state index contributed by atoms with van der Waals surface area (Å²) in [5, 5.41) is 4.13. The topological polar surface area (TPSA) is 67.7 Å². The van der Waals surface area contributed by atoms with Crippen LogP contribution in [0.5, 0.6) is 0 Å². The highest BCUT2D eigenvalue weighted by Gasteiger charge is 2.13. The van der Waals surface area contributed by atoms with E-state index in [9.17, 15) is 4.79 Å².